The summed E-state index contributed by atoms with van der Waals surface area (Å²) in [7, 11) is 1.83. The predicted octanol–water partition coefficient (Wildman–Crippen LogP) is 3.02. The molecule has 0 amide bonds. The zero-order valence-corrected chi connectivity index (χ0v) is 13.0. The van der Waals surface area contributed by atoms with E-state index >= 15 is 0 Å². The van der Waals surface area contributed by atoms with Gasteiger partial charge in [0.05, 0.1) is 11.6 Å². The number of H-pyrrole nitrogens is 1. The summed E-state index contributed by atoms with van der Waals surface area (Å²) < 4.78 is 0. The van der Waals surface area contributed by atoms with Crippen molar-refractivity contribution in [1.29, 1.82) is 0 Å². The van der Waals surface area contributed by atoms with Crippen LogP contribution in [0.5, 0.6) is 0 Å². The molecule has 1 aliphatic rings. The average molecular weight is 288 g/mol. The molecule has 2 heterocycles. The first-order chi connectivity index (χ1) is 10.2. The highest BCUT2D eigenvalue weighted by Gasteiger charge is 2.28. The van der Waals surface area contributed by atoms with Crippen molar-refractivity contribution in [2.45, 2.75) is 45.6 Å². The van der Waals surface area contributed by atoms with Gasteiger partial charge >= 0.3 is 0 Å². The molecule has 0 aliphatic heterocycles. The molecule has 114 valence electrons. The molecule has 1 aliphatic carbocycles. The average Bonchev–Trinajstić information content (AvgIpc) is 2.96. The molecular weight excluding hydrogens is 264 g/mol. The first-order valence-corrected chi connectivity index (χ1v) is 7.84. The van der Waals surface area contributed by atoms with Gasteiger partial charge < -0.3 is 10.6 Å². The molecule has 0 radical (unpaired) electrons. The first kappa shape index (κ1) is 14.1. The van der Waals surface area contributed by atoms with Crippen molar-refractivity contribution in [1.82, 2.24) is 20.2 Å². The molecule has 0 bridgehead atoms. The molecule has 0 aromatic carbocycles. The summed E-state index contributed by atoms with van der Waals surface area (Å²) >= 11 is 0. The molecule has 1 saturated carbocycles. The van der Waals surface area contributed by atoms with E-state index in [1.807, 2.05) is 7.05 Å². The second-order valence-corrected chi connectivity index (χ2v) is 6.22. The number of aromatic amines is 1. The number of anilines is 2. The molecule has 3 rings (SSSR count). The van der Waals surface area contributed by atoms with Gasteiger partial charge in [-0.05, 0) is 24.7 Å². The van der Waals surface area contributed by atoms with Crippen molar-refractivity contribution >= 4 is 22.8 Å². The van der Waals surface area contributed by atoms with E-state index in [9.17, 15) is 0 Å². The SMILES string of the molecule is CNc1nc(NC2CCCCC2C(C)C)c2cn[nH]c2n1. The lowest BCUT2D eigenvalue weighted by atomic mass is 9.78. The molecule has 1 fully saturated rings. The third-order valence-electron chi connectivity index (χ3n) is 4.53. The number of aromatic nitrogens is 4. The molecule has 0 saturated heterocycles. The smallest absolute Gasteiger partial charge is 0.226 e. The number of nitrogens with one attached hydrogen (secondary N) is 3. The van der Waals surface area contributed by atoms with Crippen LogP contribution in [-0.4, -0.2) is 33.3 Å². The molecule has 6 heteroatoms. The number of fused-ring (bicyclic) bond motifs is 1. The van der Waals surface area contributed by atoms with E-state index < -0.39 is 0 Å². The normalized spacial score (nSPS) is 22.7. The number of hydrogen-bond donors (Lipinski definition) is 3. The minimum Gasteiger partial charge on any atom is -0.366 e. The Hall–Kier alpha value is -1.85. The van der Waals surface area contributed by atoms with Crippen LogP contribution in [0.1, 0.15) is 39.5 Å². The van der Waals surface area contributed by atoms with Gasteiger partial charge in [0, 0.05) is 13.1 Å². The van der Waals surface area contributed by atoms with E-state index in [0.717, 1.165) is 16.9 Å². The summed E-state index contributed by atoms with van der Waals surface area (Å²) in [5, 5.41) is 14.6. The summed E-state index contributed by atoms with van der Waals surface area (Å²) in [5.74, 6) is 2.89. The van der Waals surface area contributed by atoms with Crippen LogP contribution in [-0.2, 0) is 0 Å². The Morgan fingerprint density at radius 1 is 1.24 bits per heavy atom. The predicted molar refractivity (Wildman–Crippen MR) is 85.4 cm³/mol. The van der Waals surface area contributed by atoms with Crippen molar-refractivity contribution in [3.63, 3.8) is 0 Å². The minimum atomic E-state index is 0.483. The molecule has 2 unspecified atom stereocenters. The highest BCUT2D eigenvalue weighted by Crippen LogP contribution is 2.33. The van der Waals surface area contributed by atoms with Gasteiger partial charge in [0.1, 0.15) is 5.82 Å². The first-order valence-electron chi connectivity index (χ1n) is 7.84. The second-order valence-electron chi connectivity index (χ2n) is 6.22. The second kappa shape index (κ2) is 5.87. The topological polar surface area (TPSA) is 78.5 Å². The molecule has 2 aromatic rings. The lowest BCUT2D eigenvalue weighted by Gasteiger charge is -2.35. The maximum atomic E-state index is 4.59. The maximum absolute atomic E-state index is 4.59. The van der Waals surface area contributed by atoms with Crippen LogP contribution >= 0.6 is 0 Å². The number of nitrogens with zero attached hydrogens (tertiary/aromatic N) is 3. The Labute approximate surface area is 125 Å². The van der Waals surface area contributed by atoms with E-state index in [2.05, 4.69) is 44.6 Å². The zero-order chi connectivity index (χ0) is 14.8. The minimum absolute atomic E-state index is 0.483. The van der Waals surface area contributed by atoms with Gasteiger partial charge in [-0.25, -0.2) is 0 Å². The highest BCUT2D eigenvalue weighted by atomic mass is 15.2. The molecule has 6 nitrogen and oxygen atoms in total. The third kappa shape index (κ3) is 2.80. The van der Waals surface area contributed by atoms with Gasteiger partial charge in [-0.1, -0.05) is 26.7 Å². The van der Waals surface area contributed by atoms with Gasteiger partial charge in [0.25, 0.3) is 0 Å². The van der Waals surface area contributed by atoms with Crippen LogP contribution in [0.25, 0.3) is 11.0 Å². The summed E-state index contributed by atoms with van der Waals surface area (Å²) in [4.78, 5) is 8.97. The van der Waals surface area contributed by atoms with Crippen LogP contribution in [0.3, 0.4) is 0 Å². The summed E-state index contributed by atoms with van der Waals surface area (Å²) in [6.45, 7) is 4.63. The van der Waals surface area contributed by atoms with E-state index in [4.69, 9.17) is 0 Å². The van der Waals surface area contributed by atoms with Crippen molar-refractivity contribution in [2.75, 3.05) is 17.7 Å². The van der Waals surface area contributed by atoms with Crippen LogP contribution in [0.15, 0.2) is 6.20 Å². The van der Waals surface area contributed by atoms with Crippen LogP contribution < -0.4 is 10.6 Å². The van der Waals surface area contributed by atoms with Gasteiger partial charge in [0.15, 0.2) is 5.65 Å². The van der Waals surface area contributed by atoms with Crippen LogP contribution in [0.2, 0.25) is 0 Å². The Bertz CT molecular complexity index is 605. The van der Waals surface area contributed by atoms with Gasteiger partial charge in [-0.15, -0.1) is 0 Å². The Balaban J connectivity index is 1.90. The van der Waals surface area contributed by atoms with Crippen molar-refractivity contribution in [3.05, 3.63) is 6.20 Å². The lowest BCUT2D eigenvalue weighted by molar-refractivity contribution is 0.253. The van der Waals surface area contributed by atoms with Crippen LogP contribution in [0.4, 0.5) is 11.8 Å². The van der Waals surface area contributed by atoms with E-state index in [-0.39, 0.29) is 0 Å². The molecule has 0 spiro atoms. The summed E-state index contributed by atoms with van der Waals surface area (Å²) in [6.07, 6.45) is 6.94. The van der Waals surface area contributed by atoms with E-state index in [1.165, 1.54) is 25.7 Å². The molecular formula is C15H24N6. The Morgan fingerprint density at radius 2 is 2.05 bits per heavy atom. The fourth-order valence-corrected chi connectivity index (χ4v) is 3.37. The number of hydrogen-bond acceptors (Lipinski definition) is 5. The Morgan fingerprint density at radius 3 is 2.81 bits per heavy atom. The molecule has 21 heavy (non-hydrogen) atoms. The van der Waals surface area contributed by atoms with E-state index in [1.54, 1.807) is 6.20 Å². The van der Waals surface area contributed by atoms with Gasteiger partial charge in [-0.2, -0.15) is 15.1 Å². The molecule has 2 atom stereocenters. The molecule has 3 N–H and O–H groups in total. The Kier molecular flexibility index (Phi) is 3.94. The van der Waals surface area contributed by atoms with Crippen LogP contribution in [0, 0.1) is 11.8 Å². The molecule has 2 aromatic heterocycles. The zero-order valence-electron chi connectivity index (χ0n) is 13.0. The highest BCUT2D eigenvalue weighted by molar-refractivity contribution is 5.87. The standard InChI is InChI=1S/C15H24N6/c1-9(2)10-6-4-5-7-12(10)18-13-11-8-17-21-14(11)20-15(16-3)19-13/h8-10,12H,4-7H2,1-3H3,(H3,16,17,18,19,20,21). The lowest BCUT2D eigenvalue weighted by Crippen LogP contribution is -2.35. The van der Waals surface area contributed by atoms with Crippen molar-refractivity contribution in [2.24, 2.45) is 11.8 Å². The summed E-state index contributed by atoms with van der Waals surface area (Å²) in [5.41, 5.74) is 0.772. The fraction of sp³-hybridized carbons (Fsp3) is 0.667. The monoisotopic (exact) mass is 288 g/mol. The van der Waals surface area contributed by atoms with E-state index in [0.29, 0.717) is 23.8 Å². The van der Waals surface area contributed by atoms with Crippen molar-refractivity contribution < 1.29 is 0 Å². The van der Waals surface area contributed by atoms with Crippen molar-refractivity contribution in [3.8, 4) is 0 Å². The summed E-state index contributed by atoms with van der Waals surface area (Å²) in [6, 6.07) is 0.483. The maximum Gasteiger partial charge on any atom is 0.226 e. The third-order valence-corrected chi connectivity index (χ3v) is 4.53. The van der Waals surface area contributed by atoms with Gasteiger partial charge in [-0.3, -0.25) is 5.10 Å². The van der Waals surface area contributed by atoms with Gasteiger partial charge in [0.2, 0.25) is 5.95 Å². The number of rotatable bonds is 4. The quantitative estimate of drug-likeness (QED) is 0.806. The fourth-order valence-electron chi connectivity index (χ4n) is 3.37. The largest absolute Gasteiger partial charge is 0.366 e.